The molecule has 0 spiro atoms. The number of sulfonamides is 1. The number of methoxy groups -OCH3 is 1. The number of carbonyl (C=O) groups is 2. The van der Waals surface area contributed by atoms with E-state index in [1.807, 2.05) is 55.5 Å². The lowest BCUT2D eigenvalue weighted by molar-refractivity contribution is -0.141. The van der Waals surface area contributed by atoms with Crippen LogP contribution in [0.25, 0.3) is 10.2 Å². The van der Waals surface area contributed by atoms with E-state index >= 15 is 0 Å². The number of benzene rings is 3. The van der Waals surface area contributed by atoms with Gasteiger partial charge in [-0.1, -0.05) is 54.7 Å². The van der Waals surface area contributed by atoms with Crippen LogP contribution in [-0.2, 0) is 32.6 Å². The summed E-state index contributed by atoms with van der Waals surface area (Å²) in [6.07, 6.45) is 0. The molecule has 0 aliphatic rings. The minimum Gasteiger partial charge on any atom is -0.468 e. The van der Waals surface area contributed by atoms with Gasteiger partial charge < -0.3 is 9.30 Å². The highest BCUT2D eigenvalue weighted by atomic mass is 32.2. The molecule has 3 aromatic carbocycles. The largest absolute Gasteiger partial charge is 0.468 e. The van der Waals surface area contributed by atoms with Gasteiger partial charge in [-0.2, -0.15) is 9.30 Å². The van der Waals surface area contributed by atoms with Crippen LogP contribution >= 0.6 is 11.3 Å². The SMILES string of the molecule is CCN(Cc1ccccc1)S(=O)(=O)c1ccc(C(=O)N=c2sc3cc(C)ccc3n2CC(=O)OC)cc1. The van der Waals surface area contributed by atoms with Gasteiger partial charge in [-0.15, -0.1) is 0 Å². The van der Waals surface area contributed by atoms with Crippen LogP contribution in [0.4, 0.5) is 0 Å². The van der Waals surface area contributed by atoms with Crippen LogP contribution in [0.5, 0.6) is 0 Å². The van der Waals surface area contributed by atoms with E-state index < -0.39 is 21.9 Å². The minimum absolute atomic E-state index is 0.0862. The number of ether oxygens (including phenoxy) is 1. The second kappa shape index (κ2) is 11.2. The van der Waals surface area contributed by atoms with Gasteiger partial charge in [0, 0.05) is 18.7 Å². The Kier molecular flexibility index (Phi) is 8.01. The molecule has 0 bridgehead atoms. The van der Waals surface area contributed by atoms with Crippen molar-refractivity contribution in [3.63, 3.8) is 0 Å². The predicted octanol–water partition coefficient (Wildman–Crippen LogP) is 4.14. The molecule has 10 heteroatoms. The van der Waals surface area contributed by atoms with E-state index in [1.54, 1.807) is 11.5 Å². The van der Waals surface area contributed by atoms with Crippen LogP contribution in [-0.4, -0.2) is 42.8 Å². The van der Waals surface area contributed by atoms with E-state index in [4.69, 9.17) is 4.74 Å². The van der Waals surface area contributed by atoms with E-state index in [-0.39, 0.29) is 23.5 Å². The third-order valence-electron chi connectivity index (χ3n) is 5.84. The number of nitrogens with zero attached hydrogens (tertiary/aromatic N) is 3. The summed E-state index contributed by atoms with van der Waals surface area (Å²) in [4.78, 5) is 29.7. The third-order valence-corrected chi connectivity index (χ3v) is 8.82. The molecule has 0 fully saturated rings. The minimum atomic E-state index is -3.76. The molecule has 0 radical (unpaired) electrons. The molecule has 0 saturated carbocycles. The fourth-order valence-electron chi connectivity index (χ4n) is 3.84. The first-order chi connectivity index (χ1) is 17.7. The van der Waals surface area contributed by atoms with Crippen molar-refractivity contribution in [3.8, 4) is 0 Å². The van der Waals surface area contributed by atoms with Crippen LogP contribution in [0.1, 0.15) is 28.4 Å². The van der Waals surface area contributed by atoms with Crippen molar-refractivity contribution in [2.75, 3.05) is 13.7 Å². The number of thiazole rings is 1. The molecule has 0 aliphatic carbocycles. The van der Waals surface area contributed by atoms with Gasteiger partial charge in [0.15, 0.2) is 4.80 Å². The van der Waals surface area contributed by atoms with E-state index in [9.17, 15) is 18.0 Å². The number of hydrogen-bond donors (Lipinski definition) is 0. The van der Waals surface area contributed by atoms with Crippen molar-refractivity contribution in [1.82, 2.24) is 8.87 Å². The van der Waals surface area contributed by atoms with Gasteiger partial charge >= 0.3 is 5.97 Å². The summed E-state index contributed by atoms with van der Waals surface area (Å²) in [7, 11) is -2.45. The second-order valence-corrected chi connectivity index (χ2v) is 11.3. The number of aromatic nitrogens is 1. The van der Waals surface area contributed by atoms with Gasteiger partial charge in [0.1, 0.15) is 6.54 Å². The smallest absolute Gasteiger partial charge is 0.325 e. The topological polar surface area (TPSA) is 98.0 Å². The van der Waals surface area contributed by atoms with Crippen LogP contribution in [0.15, 0.2) is 82.7 Å². The fourth-order valence-corrected chi connectivity index (χ4v) is 6.40. The zero-order chi connectivity index (χ0) is 26.6. The molecule has 0 aliphatic heterocycles. The Balaban J connectivity index is 1.64. The lowest BCUT2D eigenvalue weighted by atomic mass is 10.2. The zero-order valence-electron chi connectivity index (χ0n) is 20.7. The number of hydrogen-bond acceptors (Lipinski definition) is 6. The number of fused-ring (bicyclic) bond motifs is 1. The first-order valence-corrected chi connectivity index (χ1v) is 13.9. The average molecular weight is 538 g/mol. The Bertz CT molecular complexity index is 1610. The molecule has 0 saturated heterocycles. The van der Waals surface area contributed by atoms with Crippen LogP contribution in [0.2, 0.25) is 0 Å². The normalized spacial score (nSPS) is 12.3. The van der Waals surface area contributed by atoms with E-state index in [0.29, 0.717) is 11.3 Å². The van der Waals surface area contributed by atoms with Gasteiger partial charge in [0.25, 0.3) is 5.91 Å². The molecule has 0 N–H and O–H groups in total. The van der Waals surface area contributed by atoms with Crippen LogP contribution in [0.3, 0.4) is 0 Å². The molecule has 8 nitrogen and oxygen atoms in total. The first-order valence-electron chi connectivity index (χ1n) is 11.6. The molecular weight excluding hydrogens is 510 g/mol. The Morgan fingerprint density at radius 1 is 1.03 bits per heavy atom. The molecule has 4 aromatic rings. The Hall–Kier alpha value is -3.60. The molecule has 1 heterocycles. The van der Waals surface area contributed by atoms with E-state index in [1.165, 1.54) is 47.0 Å². The maximum atomic E-state index is 13.2. The summed E-state index contributed by atoms with van der Waals surface area (Å²) in [6, 6.07) is 20.9. The fraction of sp³-hybridized carbons (Fsp3) is 0.222. The quantitative estimate of drug-likeness (QED) is 0.315. The van der Waals surface area contributed by atoms with Gasteiger partial charge in [-0.25, -0.2) is 8.42 Å². The maximum absolute atomic E-state index is 13.2. The summed E-state index contributed by atoms with van der Waals surface area (Å²) in [5.41, 5.74) is 2.94. The molecule has 37 heavy (non-hydrogen) atoms. The molecule has 0 unspecified atom stereocenters. The number of aryl methyl sites for hydroxylation is 1. The average Bonchev–Trinajstić information content (AvgIpc) is 3.22. The highest BCUT2D eigenvalue weighted by Crippen LogP contribution is 2.21. The van der Waals surface area contributed by atoms with Crippen LogP contribution < -0.4 is 4.80 Å². The monoisotopic (exact) mass is 537 g/mol. The molecule has 4 rings (SSSR count). The number of esters is 1. The molecule has 1 amide bonds. The van der Waals surface area contributed by atoms with Crippen molar-refractivity contribution in [2.24, 2.45) is 4.99 Å². The van der Waals surface area contributed by atoms with Crippen molar-refractivity contribution in [3.05, 3.63) is 94.3 Å². The third kappa shape index (κ3) is 5.87. The van der Waals surface area contributed by atoms with Crippen molar-refractivity contribution in [1.29, 1.82) is 0 Å². The maximum Gasteiger partial charge on any atom is 0.325 e. The molecule has 1 aromatic heterocycles. The lowest BCUT2D eigenvalue weighted by Crippen LogP contribution is -2.30. The molecule has 192 valence electrons. The summed E-state index contributed by atoms with van der Waals surface area (Å²) in [6.45, 7) is 4.21. The Labute approximate surface area is 219 Å². The van der Waals surface area contributed by atoms with Gasteiger partial charge in [0.05, 0.1) is 22.2 Å². The Morgan fingerprint density at radius 2 is 1.73 bits per heavy atom. The van der Waals surface area contributed by atoms with E-state index in [0.717, 1.165) is 21.3 Å². The Morgan fingerprint density at radius 3 is 2.38 bits per heavy atom. The van der Waals surface area contributed by atoms with Gasteiger partial charge in [-0.3, -0.25) is 9.59 Å². The number of rotatable bonds is 8. The molecule has 0 atom stereocenters. The van der Waals surface area contributed by atoms with Crippen molar-refractivity contribution >= 4 is 43.5 Å². The van der Waals surface area contributed by atoms with Crippen LogP contribution in [0, 0.1) is 6.92 Å². The summed E-state index contributed by atoms with van der Waals surface area (Å²) in [5, 5.41) is 0. The summed E-state index contributed by atoms with van der Waals surface area (Å²) < 4.78 is 35.2. The molecular formula is C27H27N3O5S2. The highest BCUT2D eigenvalue weighted by molar-refractivity contribution is 7.89. The zero-order valence-corrected chi connectivity index (χ0v) is 22.4. The standard InChI is InChI=1S/C27H27N3O5S2/c1-4-29(17-20-8-6-5-7-9-20)37(33,34)22-13-11-21(12-14-22)26(32)28-27-30(18-25(31)35-3)23-15-10-19(2)16-24(23)36-27/h5-16H,4,17-18H2,1-3H3. The first kappa shape index (κ1) is 26.5. The predicted molar refractivity (Wildman–Crippen MR) is 143 cm³/mol. The summed E-state index contributed by atoms with van der Waals surface area (Å²) >= 11 is 1.29. The van der Waals surface area contributed by atoms with Crippen molar-refractivity contribution in [2.45, 2.75) is 31.8 Å². The lowest BCUT2D eigenvalue weighted by Gasteiger charge is -2.20. The summed E-state index contributed by atoms with van der Waals surface area (Å²) in [5.74, 6) is -0.998. The van der Waals surface area contributed by atoms with Gasteiger partial charge in [0.2, 0.25) is 10.0 Å². The van der Waals surface area contributed by atoms with Gasteiger partial charge in [-0.05, 0) is 54.4 Å². The second-order valence-electron chi connectivity index (χ2n) is 8.38. The number of amides is 1. The number of carbonyl (C=O) groups excluding carboxylic acids is 2. The highest BCUT2D eigenvalue weighted by Gasteiger charge is 2.23. The van der Waals surface area contributed by atoms with Crippen molar-refractivity contribution < 1.29 is 22.7 Å². The van der Waals surface area contributed by atoms with E-state index in [2.05, 4.69) is 4.99 Å².